The Kier molecular flexibility index (Phi) is 5.43. The van der Waals surface area contributed by atoms with Crippen molar-refractivity contribution in [1.82, 2.24) is 23.8 Å². The topological polar surface area (TPSA) is 84.2 Å². The maximum absolute atomic E-state index is 13.7. The number of carbonyl (C=O) groups excluding carboxylic acids is 2. The van der Waals surface area contributed by atoms with E-state index >= 15 is 0 Å². The van der Waals surface area contributed by atoms with Crippen LogP contribution in [-0.4, -0.2) is 48.7 Å². The van der Waals surface area contributed by atoms with Crippen LogP contribution in [0.5, 0.6) is 0 Å². The van der Waals surface area contributed by atoms with Crippen molar-refractivity contribution in [2.45, 2.75) is 45.4 Å². The number of imidazole rings is 1. The van der Waals surface area contributed by atoms with Gasteiger partial charge in [-0.2, -0.15) is 4.37 Å². The number of alkyl halides is 1. The van der Waals surface area contributed by atoms with Crippen LogP contribution in [0.15, 0.2) is 24.3 Å². The van der Waals surface area contributed by atoms with Crippen molar-refractivity contribution in [2.24, 2.45) is 0 Å². The first kappa shape index (κ1) is 21.6. The molecule has 0 aliphatic carbocycles. The lowest BCUT2D eigenvalue weighted by molar-refractivity contribution is -0.117. The zero-order valence-corrected chi connectivity index (χ0v) is 19.0. The van der Waals surface area contributed by atoms with E-state index in [0.29, 0.717) is 48.3 Å². The molecule has 0 N–H and O–H groups in total. The molecule has 0 unspecified atom stereocenters. The van der Waals surface area contributed by atoms with Gasteiger partial charge in [-0.25, -0.2) is 18.7 Å². The first-order chi connectivity index (χ1) is 15.8. The molecule has 2 atom stereocenters. The van der Waals surface area contributed by atoms with Gasteiger partial charge in [-0.05, 0) is 56.1 Å². The minimum Gasteiger partial charge on any atom is -0.328 e. The van der Waals surface area contributed by atoms with Gasteiger partial charge in [-0.1, -0.05) is 0 Å². The number of carbonyl (C=O) groups is 2. The van der Waals surface area contributed by atoms with Gasteiger partial charge < -0.3 is 9.47 Å². The van der Waals surface area contributed by atoms with Gasteiger partial charge in [0.25, 0.3) is 5.91 Å². The lowest BCUT2D eigenvalue weighted by Crippen LogP contribution is -2.42. The fourth-order valence-corrected chi connectivity index (χ4v) is 5.14. The van der Waals surface area contributed by atoms with E-state index in [-0.39, 0.29) is 17.6 Å². The molecule has 11 heteroatoms. The summed E-state index contributed by atoms with van der Waals surface area (Å²) in [5.74, 6) is 0.469. The Labute approximate surface area is 193 Å². The highest BCUT2D eigenvalue weighted by atomic mass is 32.1. The highest BCUT2D eigenvalue weighted by Gasteiger charge is 2.38. The number of benzene rings is 1. The lowest BCUT2D eigenvalue weighted by Gasteiger charge is -2.36. The van der Waals surface area contributed by atoms with E-state index in [2.05, 4.69) is 9.36 Å². The molecule has 0 radical (unpaired) electrons. The summed E-state index contributed by atoms with van der Waals surface area (Å²) in [6.07, 6.45) is -0.125. The van der Waals surface area contributed by atoms with Crippen molar-refractivity contribution in [3.8, 4) is 10.8 Å². The average Bonchev–Trinajstić information content (AvgIpc) is 3.52. The Balaban J connectivity index is 1.57. The molecule has 2 aromatic heterocycles. The number of aromatic nitrogens is 4. The van der Waals surface area contributed by atoms with Crippen LogP contribution in [0.4, 0.5) is 14.6 Å². The fourth-order valence-electron chi connectivity index (χ4n) is 4.40. The minimum absolute atomic E-state index is 0.0213. The molecule has 2 aliphatic heterocycles. The van der Waals surface area contributed by atoms with Crippen LogP contribution in [0.3, 0.4) is 0 Å². The second-order valence-corrected chi connectivity index (χ2v) is 8.95. The van der Waals surface area contributed by atoms with Gasteiger partial charge in [0.15, 0.2) is 28.6 Å². The normalized spacial score (nSPS) is 19.2. The third-order valence-corrected chi connectivity index (χ3v) is 6.81. The predicted octanol–water partition coefficient (Wildman–Crippen LogP) is 3.92. The number of hydrogen-bond acceptors (Lipinski definition) is 6. The number of nitrogens with zero attached hydrogens (tertiary/aromatic N) is 6. The smallest absolute Gasteiger partial charge is 0.254 e. The minimum atomic E-state index is -1.30. The summed E-state index contributed by atoms with van der Waals surface area (Å²) in [7, 11) is 0. The van der Waals surface area contributed by atoms with Crippen LogP contribution in [0.1, 0.15) is 60.8 Å². The summed E-state index contributed by atoms with van der Waals surface area (Å²) >= 11 is 1.06. The van der Waals surface area contributed by atoms with E-state index in [0.717, 1.165) is 23.6 Å². The van der Waals surface area contributed by atoms with Crippen molar-refractivity contribution in [2.75, 3.05) is 18.0 Å². The second-order valence-electron chi connectivity index (χ2n) is 8.20. The van der Waals surface area contributed by atoms with Crippen molar-refractivity contribution in [3.05, 3.63) is 47.2 Å². The first-order valence-electron chi connectivity index (χ1n) is 10.8. The molecule has 2 amide bonds. The van der Waals surface area contributed by atoms with Gasteiger partial charge in [0.1, 0.15) is 5.82 Å². The van der Waals surface area contributed by atoms with E-state index in [1.807, 2.05) is 11.5 Å². The predicted molar refractivity (Wildman–Crippen MR) is 118 cm³/mol. The molecule has 5 rings (SSSR count). The monoisotopic (exact) mass is 472 g/mol. The molecule has 1 aromatic carbocycles. The molecule has 33 heavy (non-hydrogen) atoms. The van der Waals surface area contributed by atoms with Crippen LogP contribution >= 0.6 is 11.5 Å². The summed E-state index contributed by atoms with van der Waals surface area (Å²) in [6, 6.07) is 5.06. The quantitative estimate of drug-likeness (QED) is 0.575. The Morgan fingerprint density at radius 2 is 1.94 bits per heavy atom. The van der Waals surface area contributed by atoms with Gasteiger partial charge in [0, 0.05) is 31.6 Å². The largest absolute Gasteiger partial charge is 0.328 e. The van der Waals surface area contributed by atoms with Gasteiger partial charge in [-0.3, -0.25) is 14.5 Å². The summed E-state index contributed by atoms with van der Waals surface area (Å²) in [4.78, 5) is 38.2. The van der Waals surface area contributed by atoms with Gasteiger partial charge in [0.2, 0.25) is 5.91 Å². The number of fused-ring (bicyclic) bond motifs is 1. The molecule has 172 valence electrons. The molecule has 0 bridgehead atoms. The molecule has 4 heterocycles. The first-order valence-corrected chi connectivity index (χ1v) is 11.6. The number of halogens is 2. The summed E-state index contributed by atoms with van der Waals surface area (Å²) in [5, 5.41) is 0.471. The van der Waals surface area contributed by atoms with E-state index in [1.165, 1.54) is 31.2 Å². The summed E-state index contributed by atoms with van der Waals surface area (Å²) < 4.78 is 33.1. The molecular weight excluding hydrogens is 450 g/mol. The van der Waals surface area contributed by atoms with Crippen molar-refractivity contribution >= 4 is 29.2 Å². The molecular formula is C22H22F2N6O2S. The van der Waals surface area contributed by atoms with Gasteiger partial charge in [-0.15, -0.1) is 0 Å². The third-order valence-electron chi connectivity index (χ3n) is 6.09. The third kappa shape index (κ3) is 3.69. The van der Waals surface area contributed by atoms with E-state index in [1.54, 1.807) is 9.80 Å². The molecule has 0 saturated carbocycles. The van der Waals surface area contributed by atoms with Gasteiger partial charge in [0.05, 0.1) is 11.7 Å². The maximum atomic E-state index is 13.7. The van der Waals surface area contributed by atoms with Crippen LogP contribution in [-0.2, 0) is 11.3 Å². The average molecular weight is 473 g/mol. The Bertz CT molecular complexity index is 1220. The van der Waals surface area contributed by atoms with Crippen molar-refractivity contribution in [1.29, 1.82) is 0 Å². The maximum Gasteiger partial charge on any atom is 0.254 e. The van der Waals surface area contributed by atoms with Crippen LogP contribution in [0.25, 0.3) is 10.8 Å². The molecule has 3 aromatic rings. The molecule has 0 spiro atoms. The van der Waals surface area contributed by atoms with Crippen molar-refractivity contribution in [3.63, 3.8) is 0 Å². The molecule has 1 saturated heterocycles. The highest BCUT2D eigenvalue weighted by Crippen LogP contribution is 2.39. The molecule has 8 nitrogen and oxygen atoms in total. The van der Waals surface area contributed by atoms with Crippen LogP contribution in [0, 0.1) is 5.82 Å². The van der Waals surface area contributed by atoms with Gasteiger partial charge >= 0.3 is 0 Å². The summed E-state index contributed by atoms with van der Waals surface area (Å²) in [6.45, 7) is 4.63. The Hall–Kier alpha value is -3.21. The van der Waals surface area contributed by atoms with E-state index in [4.69, 9.17) is 4.98 Å². The van der Waals surface area contributed by atoms with E-state index < -0.39 is 18.0 Å². The number of amides is 2. The highest BCUT2D eigenvalue weighted by molar-refractivity contribution is 7.09. The number of rotatable bonds is 4. The van der Waals surface area contributed by atoms with Crippen LogP contribution < -0.4 is 4.90 Å². The molecule has 1 fully saturated rings. The van der Waals surface area contributed by atoms with Crippen LogP contribution in [0.2, 0.25) is 0 Å². The van der Waals surface area contributed by atoms with E-state index in [9.17, 15) is 18.4 Å². The fraction of sp³-hybridized carbons (Fsp3) is 0.409. The lowest BCUT2D eigenvalue weighted by atomic mass is 10.1. The zero-order chi connectivity index (χ0) is 23.3. The SMILES string of the molecule is C[C@@H](F)c1nsc(-c2nc(N3CCCC3=O)c3n2CCN(C(=O)c2ccc(F)cc2)[C@H]3C)n1. The molecule has 2 aliphatic rings. The Morgan fingerprint density at radius 1 is 1.18 bits per heavy atom. The zero-order valence-electron chi connectivity index (χ0n) is 18.2. The van der Waals surface area contributed by atoms with Crippen molar-refractivity contribution < 1.29 is 18.4 Å². The Morgan fingerprint density at radius 3 is 2.58 bits per heavy atom. The number of hydrogen-bond donors (Lipinski definition) is 0. The summed E-state index contributed by atoms with van der Waals surface area (Å²) in [5.41, 5.74) is 1.12. The second kappa shape index (κ2) is 8.29. The number of anilines is 1. The standard InChI is InChI=1S/C22H22F2N6O2S/c1-12(23)18-25-21(33-27-18)20-26-19(29-9-3-4-16(29)31)17-13(2)28(10-11-30(17)20)22(32)14-5-7-15(24)8-6-14/h5-8,12-13H,3-4,9-11H2,1-2H3/t12-,13+/m1/s1.